The summed E-state index contributed by atoms with van der Waals surface area (Å²) in [5.41, 5.74) is 0.252. The van der Waals surface area contributed by atoms with E-state index in [1.54, 1.807) is 6.07 Å². The summed E-state index contributed by atoms with van der Waals surface area (Å²) in [5, 5.41) is 21.3. The van der Waals surface area contributed by atoms with Gasteiger partial charge in [-0.05, 0) is 12.1 Å². The first-order valence-electron chi connectivity index (χ1n) is 6.88. The van der Waals surface area contributed by atoms with Crippen LogP contribution in [-0.2, 0) is 4.79 Å². The van der Waals surface area contributed by atoms with Gasteiger partial charge in [-0.1, -0.05) is 30.0 Å². The lowest BCUT2D eigenvalue weighted by molar-refractivity contribution is -0.115. The fourth-order valence-corrected chi connectivity index (χ4v) is 3.21. The predicted molar refractivity (Wildman–Crippen MR) is 95.6 cm³/mol. The quantitative estimate of drug-likeness (QED) is 0.551. The molecule has 1 fully saturated rings. The van der Waals surface area contributed by atoms with Crippen molar-refractivity contribution in [1.82, 2.24) is 5.32 Å². The zero-order valence-electron chi connectivity index (χ0n) is 12.7. The summed E-state index contributed by atoms with van der Waals surface area (Å²) >= 11 is 6.04. The third-order valence-corrected chi connectivity index (χ3v) is 4.52. The monoisotopic (exact) mass is 377 g/mol. The van der Waals surface area contributed by atoms with E-state index in [1.807, 2.05) is 0 Å². The van der Waals surface area contributed by atoms with Gasteiger partial charge in [-0.2, -0.15) is 0 Å². The number of carbonyl (C=O) groups excluding carboxylic acids is 1. The lowest BCUT2D eigenvalue weighted by Crippen LogP contribution is -2.17. The molecule has 2 heterocycles. The molecule has 2 aromatic rings. The number of aromatic hydroxyl groups is 1. The second kappa shape index (κ2) is 6.61. The Kier molecular flexibility index (Phi) is 4.51. The largest absolute Gasteiger partial charge is 0.507 e. The lowest BCUT2D eigenvalue weighted by Gasteiger charge is -2.01. The minimum absolute atomic E-state index is 0.211. The average molecular weight is 377 g/mol. The normalized spacial score (nSPS) is 15.5. The number of carboxylic acids is 1. The highest BCUT2D eigenvalue weighted by Gasteiger charge is 2.24. The highest BCUT2D eigenvalue weighted by Crippen LogP contribution is 2.36. The van der Waals surface area contributed by atoms with E-state index in [4.69, 9.17) is 26.5 Å². The van der Waals surface area contributed by atoms with Gasteiger partial charge in [-0.15, -0.1) is 0 Å². The van der Waals surface area contributed by atoms with E-state index in [1.165, 1.54) is 31.4 Å². The SMILES string of the molecule is COc1cc(-c2ccc(C(=O)O)c(O)c2)oc1/C=C1\SC(=S)NC1=O. The van der Waals surface area contributed by atoms with Gasteiger partial charge in [-0.25, -0.2) is 4.79 Å². The third kappa shape index (κ3) is 3.37. The second-order valence-electron chi connectivity index (χ2n) is 4.93. The summed E-state index contributed by atoms with van der Waals surface area (Å²) in [6.07, 6.45) is 1.51. The molecule has 3 N–H and O–H groups in total. The maximum atomic E-state index is 11.8. The van der Waals surface area contributed by atoms with Gasteiger partial charge in [0.15, 0.2) is 11.5 Å². The Bertz CT molecular complexity index is 931. The van der Waals surface area contributed by atoms with Crippen LogP contribution in [0, 0.1) is 0 Å². The molecule has 1 amide bonds. The van der Waals surface area contributed by atoms with E-state index in [0.29, 0.717) is 32.1 Å². The van der Waals surface area contributed by atoms with Crippen LogP contribution >= 0.6 is 24.0 Å². The average Bonchev–Trinajstić information content (AvgIpc) is 3.10. The zero-order chi connectivity index (χ0) is 18.1. The summed E-state index contributed by atoms with van der Waals surface area (Å²) in [4.78, 5) is 23.1. The number of phenols is 1. The summed E-state index contributed by atoms with van der Waals surface area (Å²) in [6, 6.07) is 5.64. The number of thioether (sulfide) groups is 1. The van der Waals surface area contributed by atoms with Gasteiger partial charge in [0.1, 0.15) is 21.4 Å². The molecule has 0 unspecified atom stereocenters. The van der Waals surface area contributed by atoms with E-state index >= 15 is 0 Å². The van der Waals surface area contributed by atoms with Gasteiger partial charge in [0, 0.05) is 17.7 Å². The fraction of sp³-hybridized carbons (Fsp3) is 0.0625. The molecular weight excluding hydrogens is 366 g/mol. The number of hydrogen-bond donors (Lipinski definition) is 3. The number of furan rings is 1. The molecular formula is C16H11NO6S2. The van der Waals surface area contributed by atoms with Gasteiger partial charge in [-0.3, -0.25) is 4.79 Å². The van der Waals surface area contributed by atoms with Crippen LogP contribution in [0.5, 0.6) is 11.5 Å². The molecule has 3 rings (SSSR count). The number of amides is 1. The van der Waals surface area contributed by atoms with E-state index in [9.17, 15) is 14.7 Å². The number of rotatable bonds is 4. The van der Waals surface area contributed by atoms with Crippen molar-refractivity contribution >= 4 is 46.3 Å². The molecule has 25 heavy (non-hydrogen) atoms. The Hall–Kier alpha value is -2.78. The molecule has 9 heteroatoms. The van der Waals surface area contributed by atoms with Crippen LogP contribution in [0.3, 0.4) is 0 Å². The maximum absolute atomic E-state index is 11.8. The number of carbonyl (C=O) groups is 2. The van der Waals surface area contributed by atoms with Crippen molar-refractivity contribution < 1.29 is 29.0 Å². The first-order chi connectivity index (χ1) is 11.9. The minimum atomic E-state index is -1.23. The van der Waals surface area contributed by atoms with Crippen molar-refractivity contribution in [2.45, 2.75) is 0 Å². The molecule has 0 atom stereocenters. The van der Waals surface area contributed by atoms with Crippen LogP contribution in [0.15, 0.2) is 33.6 Å². The van der Waals surface area contributed by atoms with Crippen molar-refractivity contribution in [1.29, 1.82) is 0 Å². The molecule has 1 saturated heterocycles. The molecule has 1 aromatic carbocycles. The van der Waals surface area contributed by atoms with Crippen LogP contribution < -0.4 is 10.1 Å². The maximum Gasteiger partial charge on any atom is 0.339 e. The number of thiocarbonyl (C=S) groups is 1. The van der Waals surface area contributed by atoms with Crippen molar-refractivity contribution in [3.8, 4) is 22.8 Å². The Morgan fingerprint density at radius 3 is 2.72 bits per heavy atom. The van der Waals surface area contributed by atoms with E-state index < -0.39 is 5.97 Å². The molecule has 0 saturated carbocycles. The molecule has 1 aromatic heterocycles. The Morgan fingerprint density at radius 2 is 2.16 bits per heavy atom. The summed E-state index contributed by atoms with van der Waals surface area (Å²) in [5.74, 6) is -0.888. The lowest BCUT2D eigenvalue weighted by atomic mass is 10.1. The van der Waals surface area contributed by atoms with E-state index in [-0.39, 0.29) is 17.2 Å². The molecule has 128 valence electrons. The minimum Gasteiger partial charge on any atom is -0.507 e. The number of aromatic carboxylic acids is 1. The number of nitrogens with one attached hydrogen (secondary N) is 1. The standard InChI is InChI=1S/C16H11NO6S2/c1-22-11-5-10(7-2-3-8(15(20)21)9(18)4-7)23-12(11)6-13-14(19)17-16(24)25-13/h2-6,18H,1H3,(H,20,21)(H,17,19,24)/b13-6-. The fourth-order valence-electron chi connectivity index (χ4n) is 2.20. The van der Waals surface area contributed by atoms with E-state index in [0.717, 1.165) is 11.8 Å². The number of hydrogen-bond acceptors (Lipinski definition) is 7. The van der Waals surface area contributed by atoms with E-state index in [2.05, 4.69) is 5.32 Å². The summed E-state index contributed by atoms with van der Waals surface area (Å²) in [7, 11) is 1.45. The Balaban J connectivity index is 2.00. The first-order valence-corrected chi connectivity index (χ1v) is 8.11. The highest BCUT2D eigenvalue weighted by atomic mass is 32.2. The van der Waals surface area contributed by atoms with Gasteiger partial charge >= 0.3 is 5.97 Å². The van der Waals surface area contributed by atoms with Crippen LogP contribution in [-0.4, -0.2) is 33.5 Å². The number of carboxylic acid groups (broad SMARTS) is 1. The van der Waals surface area contributed by atoms with Crippen LogP contribution in [0.4, 0.5) is 0 Å². The first kappa shape index (κ1) is 17.1. The third-order valence-electron chi connectivity index (χ3n) is 3.36. The number of methoxy groups -OCH3 is 1. The molecule has 1 aliphatic heterocycles. The number of benzene rings is 1. The highest BCUT2D eigenvalue weighted by molar-refractivity contribution is 8.26. The van der Waals surface area contributed by atoms with Crippen LogP contribution in [0.25, 0.3) is 17.4 Å². The molecule has 0 radical (unpaired) electrons. The van der Waals surface area contributed by atoms with Crippen LogP contribution in [0.1, 0.15) is 16.1 Å². The summed E-state index contributed by atoms with van der Waals surface area (Å²) in [6.45, 7) is 0. The van der Waals surface area contributed by atoms with Gasteiger partial charge in [0.25, 0.3) is 5.91 Å². The Morgan fingerprint density at radius 1 is 1.40 bits per heavy atom. The van der Waals surface area contributed by atoms with Crippen LogP contribution in [0.2, 0.25) is 0 Å². The smallest absolute Gasteiger partial charge is 0.339 e. The number of ether oxygens (including phenoxy) is 1. The second-order valence-corrected chi connectivity index (χ2v) is 6.65. The van der Waals surface area contributed by atoms with Gasteiger partial charge in [0.05, 0.1) is 12.0 Å². The molecule has 0 spiro atoms. The molecule has 0 aliphatic carbocycles. The van der Waals surface area contributed by atoms with Crippen molar-refractivity contribution in [2.24, 2.45) is 0 Å². The molecule has 1 aliphatic rings. The van der Waals surface area contributed by atoms with Crippen molar-refractivity contribution in [3.63, 3.8) is 0 Å². The van der Waals surface area contributed by atoms with Crippen molar-refractivity contribution in [3.05, 3.63) is 40.5 Å². The van der Waals surface area contributed by atoms with Gasteiger partial charge < -0.3 is 24.7 Å². The predicted octanol–water partition coefficient (Wildman–Crippen LogP) is 2.85. The summed E-state index contributed by atoms with van der Waals surface area (Å²) < 4.78 is 11.3. The Labute approximate surface area is 151 Å². The van der Waals surface area contributed by atoms with Crippen molar-refractivity contribution in [2.75, 3.05) is 7.11 Å². The van der Waals surface area contributed by atoms with Gasteiger partial charge in [0.2, 0.25) is 0 Å². The zero-order valence-corrected chi connectivity index (χ0v) is 14.4. The topological polar surface area (TPSA) is 109 Å². The molecule has 0 bridgehead atoms. The molecule has 7 nitrogen and oxygen atoms in total.